The fourth-order valence-corrected chi connectivity index (χ4v) is 3.48. The molecule has 3 rings (SSSR count). The molecular formula is C18H14F3N3O4S. The predicted octanol–water partition coefficient (Wildman–Crippen LogP) is 4.06. The molecule has 0 aliphatic carbocycles. The van der Waals surface area contributed by atoms with E-state index in [9.17, 15) is 22.2 Å². The Balaban J connectivity index is 1.83. The van der Waals surface area contributed by atoms with Gasteiger partial charge in [-0.3, -0.25) is 4.79 Å². The molecular weight excluding hydrogens is 411 g/mol. The van der Waals surface area contributed by atoms with E-state index in [0.29, 0.717) is 10.6 Å². The van der Waals surface area contributed by atoms with E-state index < -0.39 is 27.7 Å². The summed E-state index contributed by atoms with van der Waals surface area (Å²) in [6.45, 7) is 0. The molecule has 0 N–H and O–H groups in total. The van der Waals surface area contributed by atoms with Gasteiger partial charge in [0.15, 0.2) is 0 Å². The van der Waals surface area contributed by atoms with E-state index in [1.807, 2.05) is 0 Å². The number of ether oxygens (including phenoxy) is 1. The average molecular weight is 425 g/mol. The van der Waals surface area contributed by atoms with Gasteiger partial charge < -0.3 is 9.26 Å². The zero-order valence-electron chi connectivity index (χ0n) is 15.1. The van der Waals surface area contributed by atoms with E-state index in [4.69, 9.17) is 4.74 Å². The highest BCUT2D eigenvalue weighted by atomic mass is 32.2. The first-order valence-electron chi connectivity index (χ1n) is 8.02. The van der Waals surface area contributed by atoms with E-state index in [2.05, 4.69) is 19.0 Å². The first-order chi connectivity index (χ1) is 13.6. The molecule has 1 aromatic heterocycles. The van der Waals surface area contributed by atoms with Gasteiger partial charge in [0, 0.05) is 22.3 Å². The SMILES string of the molecule is COc1ccc(S(C)(=O)=NC(=O)c2ccc(-c3noc(C(F)(F)F)n3)cc2)cc1. The van der Waals surface area contributed by atoms with Crippen LogP contribution in [-0.2, 0) is 15.9 Å². The summed E-state index contributed by atoms with van der Waals surface area (Å²) < 4.78 is 63.4. The summed E-state index contributed by atoms with van der Waals surface area (Å²) in [6, 6.07) is 11.7. The van der Waals surface area contributed by atoms with Crippen molar-refractivity contribution in [3.05, 3.63) is 60.0 Å². The van der Waals surface area contributed by atoms with Crippen molar-refractivity contribution in [2.45, 2.75) is 11.1 Å². The molecule has 7 nitrogen and oxygen atoms in total. The van der Waals surface area contributed by atoms with E-state index in [1.165, 1.54) is 37.6 Å². The number of alkyl halides is 3. The van der Waals surface area contributed by atoms with Crippen molar-refractivity contribution in [3.63, 3.8) is 0 Å². The largest absolute Gasteiger partial charge is 0.497 e. The van der Waals surface area contributed by atoms with Crippen LogP contribution in [0.3, 0.4) is 0 Å². The smallest absolute Gasteiger partial charge is 0.471 e. The fraction of sp³-hybridized carbons (Fsp3) is 0.167. The lowest BCUT2D eigenvalue weighted by molar-refractivity contribution is -0.159. The Morgan fingerprint density at radius 2 is 1.72 bits per heavy atom. The molecule has 0 saturated carbocycles. The molecule has 1 atom stereocenters. The topological polar surface area (TPSA) is 94.7 Å². The molecule has 11 heteroatoms. The second-order valence-corrected chi connectivity index (χ2v) is 8.13. The molecule has 152 valence electrons. The van der Waals surface area contributed by atoms with Gasteiger partial charge in [0.2, 0.25) is 5.82 Å². The molecule has 3 aromatic rings. The summed E-state index contributed by atoms with van der Waals surface area (Å²) in [6.07, 6.45) is -3.41. The third-order valence-corrected chi connectivity index (χ3v) is 5.47. The van der Waals surface area contributed by atoms with Crippen molar-refractivity contribution in [3.8, 4) is 17.1 Å². The number of carbonyl (C=O) groups excluding carboxylic acids is 1. The standard InChI is InChI=1S/C18H14F3N3O4S/c1-27-13-7-9-14(10-8-13)29(2,26)24-16(25)12-5-3-11(4-6-12)15-22-17(28-23-15)18(19,20)21/h3-10H,1-2H3. The highest BCUT2D eigenvalue weighted by molar-refractivity contribution is 7.93. The zero-order chi connectivity index (χ0) is 21.2. The van der Waals surface area contributed by atoms with Crippen LogP contribution in [0.1, 0.15) is 16.2 Å². The number of amides is 1. The molecule has 0 fully saturated rings. The number of methoxy groups -OCH3 is 1. The molecule has 0 spiro atoms. The summed E-state index contributed by atoms with van der Waals surface area (Å²) in [5.74, 6) is -1.90. The summed E-state index contributed by atoms with van der Waals surface area (Å²) in [5, 5.41) is 3.27. The van der Waals surface area contributed by atoms with Gasteiger partial charge in [-0.15, -0.1) is 0 Å². The van der Waals surface area contributed by atoms with Crippen molar-refractivity contribution in [2.75, 3.05) is 13.4 Å². The lowest BCUT2D eigenvalue weighted by Crippen LogP contribution is -2.05. The maximum Gasteiger partial charge on any atom is 0.471 e. The lowest BCUT2D eigenvalue weighted by Gasteiger charge is -2.06. The van der Waals surface area contributed by atoms with Gasteiger partial charge in [-0.2, -0.15) is 22.5 Å². The van der Waals surface area contributed by atoms with Crippen molar-refractivity contribution < 1.29 is 31.4 Å². The van der Waals surface area contributed by atoms with E-state index >= 15 is 0 Å². The van der Waals surface area contributed by atoms with Crippen LogP contribution in [0.25, 0.3) is 11.4 Å². The summed E-state index contributed by atoms with van der Waals surface area (Å²) in [5.41, 5.74) is 0.324. The minimum atomic E-state index is -4.75. The Labute approximate surface area is 163 Å². The van der Waals surface area contributed by atoms with Crippen molar-refractivity contribution in [2.24, 2.45) is 4.36 Å². The zero-order valence-corrected chi connectivity index (χ0v) is 16.0. The second-order valence-electron chi connectivity index (χ2n) is 5.87. The van der Waals surface area contributed by atoms with Crippen LogP contribution in [0.15, 0.2) is 62.3 Å². The van der Waals surface area contributed by atoms with Crippen molar-refractivity contribution >= 4 is 15.6 Å². The molecule has 0 radical (unpaired) electrons. The van der Waals surface area contributed by atoms with E-state index in [-0.39, 0.29) is 17.0 Å². The second kappa shape index (κ2) is 7.66. The molecule has 0 saturated heterocycles. The van der Waals surface area contributed by atoms with Crippen LogP contribution >= 0.6 is 0 Å². The molecule has 1 heterocycles. The fourth-order valence-electron chi connectivity index (χ4n) is 2.31. The van der Waals surface area contributed by atoms with E-state index in [1.54, 1.807) is 24.3 Å². The van der Waals surface area contributed by atoms with Gasteiger partial charge in [0.1, 0.15) is 5.75 Å². The van der Waals surface area contributed by atoms with Gasteiger partial charge in [0.25, 0.3) is 5.91 Å². The summed E-state index contributed by atoms with van der Waals surface area (Å²) in [7, 11) is -1.51. The third kappa shape index (κ3) is 4.62. The minimum absolute atomic E-state index is 0.108. The predicted molar refractivity (Wildman–Crippen MR) is 96.8 cm³/mol. The molecule has 0 aliphatic heterocycles. The highest BCUT2D eigenvalue weighted by Crippen LogP contribution is 2.29. The van der Waals surface area contributed by atoms with Crippen LogP contribution in [0, 0.1) is 0 Å². The molecule has 1 unspecified atom stereocenters. The molecule has 1 amide bonds. The number of halogens is 3. The van der Waals surface area contributed by atoms with Gasteiger partial charge in [-0.05, 0) is 36.4 Å². The maximum atomic E-state index is 12.8. The van der Waals surface area contributed by atoms with Crippen LogP contribution < -0.4 is 4.74 Å². The van der Waals surface area contributed by atoms with Crippen LogP contribution in [0.2, 0.25) is 0 Å². The maximum absolute atomic E-state index is 12.8. The van der Waals surface area contributed by atoms with Gasteiger partial charge in [0.05, 0.1) is 16.8 Å². The third-order valence-electron chi connectivity index (χ3n) is 3.81. The molecule has 0 aliphatic rings. The van der Waals surface area contributed by atoms with Crippen LogP contribution in [0.4, 0.5) is 13.2 Å². The van der Waals surface area contributed by atoms with Gasteiger partial charge in [-0.1, -0.05) is 17.3 Å². The highest BCUT2D eigenvalue weighted by Gasteiger charge is 2.38. The quantitative estimate of drug-likeness (QED) is 0.626. The Morgan fingerprint density at radius 1 is 1.10 bits per heavy atom. The van der Waals surface area contributed by atoms with Crippen molar-refractivity contribution in [1.82, 2.24) is 10.1 Å². The number of hydrogen-bond acceptors (Lipinski definition) is 6. The Morgan fingerprint density at radius 3 is 2.24 bits per heavy atom. The summed E-state index contributed by atoms with van der Waals surface area (Å²) in [4.78, 5) is 16.0. The average Bonchev–Trinajstić information content (AvgIpc) is 3.18. The van der Waals surface area contributed by atoms with Gasteiger partial charge >= 0.3 is 12.1 Å². The Bertz CT molecular complexity index is 1150. The monoisotopic (exact) mass is 425 g/mol. The van der Waals surface area contributed by atoms with Crippen LogP contribution in [0.5, 0.6) is 5.75 Å². The lowest BCUT2D eigenvalue weighted by atomic mass is 10.1. The van der Waals surface area contributed by atoms with Crippen molar-refractivity contribution in [1.29, 1.82) is 0 Å². The summed E-state index contributed by atoms with van der Waals surface area (Å²) >= 11 is 0. The Kier molecular flexibility index (Phi) is 5.42. The van der Waals surface area contributed by atoms with Gasteiger partial charge in [-0.25, -0.2) is 4.21 Å². The Hall–Kier alpha value is -3.21. The minimum Gasteiger partial charge on any atom is -0.497 e. The number of rotatable bonds is 4. The number of nitrogens with zero attached hydrogens (tertiary/aromatic N) is 3. The normalized spacial score (nSPS) is 13.6. The molecule has 2 aromatic carbocycles. The number of carbonyl (C=O) groups is 1. The van der Waals surface area contributed by atoms with E-state index in [0.717, 1.165) is 0 Å². The number of benzene rings is 2. The molecule has 29 heavy (non-hydrogen) atoms. The number of hydrogen-bond donors (Lipinski definition) is 0. The first-order valence-corrected chi connectivity index (χ1v) is 9.94. The number of aromatic nitrogens is 2. The first kappa shape index (κ1) is 20.5. The van der Waals surface area contributed by atoms with Crippen LogP contribution in [-0.4, -0.2) is 33.6 Å². The molecule has 0 bridgehead atoms.